The van der Waals surface area contributed by atoms with Crippen molar-refractivity contribution in [3.8, 4) is 0 Å². The van der Waals surface area contributed by atoms with Crippen molar-refractivity contribution in [1.82, 2.24) is 0 Å². The minimum Gasteiger partial charge on any atom is -0.465 e. The van der Waals surface area contributed by atoms with E-state index in [1.165, 1.54) is 19.4 Å². The third-order valence-corrected chi connectivity index (χ3v) is 4.59. The quantitative estimate of drug-likeness (QED) is 0.726. The monoisotopic (exact) mass is 312 g/mol. The van der Waals surface area contributed by atoms with Crippen LogP contribution in [0.2, 0.25) is 0 Å². The first-order valence-corrected chi connectivity index (χ1v) is 9.18. The molecule has 0 saturated carbocycles. The van der Waals surface area contributed by atoms with E-state index in [1.807, 2.05) is 13.0 Å². The summed E-state index contributed by atoms with van der Waals surface area (Å²) in [7, 11) is -2.06. The highest BCUT2D eigenvalue weighted by Gasteiger charge is 2.20. The van der Waals surface area contributed by atoms with E-state index in [0.717, 1.165) is 36.8 Å². The predicted molar refractivity (Wildman–Crippen MR) is 83.5 cm³/mol. The minimum absolute atomic E-state index is 0.246. The van der Waals surface area contributed by atoms with Crippen molar-refractivity contribution in [2.75, 3.05) is 13.4 Å². The maximum atomic E-state index is 12.0. The van der Waals surface area contributed by atoms with E-state index < -0.39 is 15.8 Å². The van der Waals surface area contributed by atoms with Gasteiger partial charge in [-0.15, -0.1) is 0 Å². The van der Waals surface area contributed by atoms with Crippen LogP contribution in [0.5, 0.6) is 0 Å². The lowest BCUT2D eigenvalue weighted by atomic mass is 9.97. The molecule has 0 aliphatic heterocycles. The normalized spacial score (nSPS) is 11.4. The lowest BCUT2D eigenvalue weighted by Gasteiger charge is -2.14. The molecule has 0 radical (unpaired) electrons. The molecule has 0 aliphatic rings. The number of hydrogen-bond acceptors (Lipinski definition) is 4. The van der Waals surface area contributed by atoms with Crippen LogP contribution in [0.15, 0.2) is 17.0 Å². The van der Waals surface area contributed by atoms with Crippen LogP contribution < -0.4 is 0 Å². The molecule has 0 aliphatic carbocycles. The number of benzene rings is 1. The van der Waals surface area contributed by atoms with E-state index in [9.17, 15) is 13.2 Å². The molecule has 0 amide bonds. The summed E-state index contributed by atoms with van der Waals surface area (Å²) < 4.78 is 28.8. The lowest BCUT2D eigenvalue weighted by molar-refractivity contribution is 0.0599. The molecule has 0 bridgehead atoms. The zero-order valence-electron chi connectivity index (χ0n) is 13.2. The Balaban J connectivity index is 3.49. The second kappa shape index (κ2) is 7.59. The van der Waals surface area contributed by atoms with Crippen molar-refractivity contribution >= 4 is 15.8 Å². The van der Waals surface area contributed by atoms with Crippen LogP contribution in [-0.4, -0.2) is 27.8 Å². The zero-order chi connectivity index (χ0) is 16.0. The third kappa shape index (κ3) is 4.56. The first kappa shape index (κ1) is 17.7. The van der Waals surface area contributed by atoms with Gasteiger partial charge in [0, 0.05) is 6.26 Å². The molecule has 0 spiro atoms. The Morgan fingerprint density at radius 3 is 2.24 bits per heavy atom. The Morgan fingerprint density at radius 1 is 1.10 bits per heavy atom. The summed E-state index contributed by atoms with van der Waals surface area (Å²) in [4.78, 5) is 12.1. The molecule has 0 heterocycles. The molecule has 1 aromatic rings. The largest absolute Gasteiger partial charge is 0.465 e. The molecule has 0 N–H and O–H groups in total. The van der Waals surface area contributed by atoms with Gasteiger partial charge in [0.25, 0.3) is 0 Å². The van der Waals surface area contributed by atoms with Gasteiger partial charge in [0.2, 0.25) is 0 Å². The Hall–Kier alpha value is -1.36. The van der Waals surface area contributed by atoms with Gasteiger partial charge >= 0.3 is 5.97 Å². The van der Waals surface area contributed by atoms with Gasteiger partial charge in [-0.2, -0.15) is 0 Å². The number of ether oxygens (including phenoxy) is 1. The summed E-state index contributed by atoms with van der Waals surface area (Å²) in [5.41, 5.74) is 2.03. The fourth-order valence-electron chi connectivity index (χ4n) is 2.36. The number of unbranched alkanes of at least 4 members (excludes halogenated alkanes) is 1. The molecule has 4 nitrogen and oxygen atoms in total. The molecule has 1 rings (SSSR count). The predicted octanol–water partition coefficient (Wildman–Crippen LogP) is 3.17. The van der Waals surface area contributed by atoms with E-state index >= 15 is 0 Å². The maximum absolute atomic E-state index is 12.0. The van der Waals surface area contributed by atoms with Crippen LogP contribution in [0.25, 0.3) is 0 Å². The van der Waals surface area contributed by atoms with Gasteiger partial charge in [-0.05, 0) is 36.5 Å². The van der Waals surface area contributed by atoms with E-state index in [-0.39, 0.29) is 4.90 Å². The molecule has 0 fully saturated rings. The number of rotatable bonds is 7. The summed E-state index contributed by atoms with van der Waals surface area (Å²) in [5, 5.41) is 0. The highest BCUT2D eigenvalue weighted by molar-refractivity contribution is 7.90. The van der Waals surface area contributed by atoms with E-state index in [1.54, 1.807) is 0 Å². The maximum Gasteiger partial charge on any atom is 0.338 e. The van der Waals surface area contributed by atoms with Crippen LogP contribution in [0.4, 0.5) is 0 Å². The first-order chi connectivity index (χ1) is 9.85. The molecule has 0 saturated heterocycles. The second-order valence-electron chi connectivity index (χ2n) is 5.23. The van der Waals surface area contributed by atoms with Gasteiger partial charge in [0.15, 0.2) is 9.84 Å². The standard InChI is InChI=1S/C16H24O4S/c1-5-7-9-13-10-12(8-6-2)14(16(17)20-3)11-15(13)21(4,18)19/h10-11H,5-9H2,1-4H3. The highest BCUT2D eigenvalue weighted by atomic mass is 32.2. The SMILES string of the molecule is CCCCc1cc(CCC)c(C(=O)OC)cc1S(C)(=O)=O. The number of methoxy groups -OCH3 is 1. The second-order valence-corrected chi connectivity index (χ2v) is 7.22. The summed E-state index contributed by atoms with van der Waals surface area (Å²) in [6, 6.07) is 3.35. The number of carbonyl (C=O) groups excluding carboxylic acids is 1. The van der Waals surface area contributed by atoms with E-state index in [4.69, 9.17) is 4.74 Å². The van der Waals surface area contributed by atoms with Gasteiger partial charge < -0.3 is 4.74 Å². The Labute approximate surface area is 127 Å². The smallest absolute Gasteiger partial charge is 0.338 e. The third-order valence-electron chi connectivity index (χ3n) is 3.41. The van der Waals surface area contributed by atoms with Crippen molar-refractivity contribution in [2.45, 2.75) is 50.8 Å². The average Bonchev–Trinajstić information content (AvgIpc) is 2.43. The van der Waals surface area contributed by atoms with Crippen molar-refractivity contribution in [3.63, 3.8) is 0 Å². The lowest BCUT2D eigenvalue weighted by Crippen LogP contribution is -2.11. The summed E-state index contributed by atoms with van der Waals surface area (Å²) >= 11 is 0. The van der Waals surface area contributed by atoms with Gasteiger partial charge in [-0.1, -0.05) is 32.8 Å². The highest BCUT2D eigenvalue weighted by Crippen LogP contribution is 2.25. The topological polar surface area (TPSA) is 60.4 Å². The van der Waals surface area contributed by atoms with Gasteiger partial charge in [-0.25, -0.2) is 13.2 Å². The molecule has 0 aromatic heterocycles. The number of carbonyl (C=O) groups is 1. The fraction of sp³-hybridized carbons (Fsp3) is 0.562. The van der Waals surface area contributed by atoms with Gasteiger partial charge in [-0.3, -0.25) is 0 Å². The minimum atomic E-state index is -3.37. The molecule has 0 atom stereocenters. The summed E-state index contributed by atoms with van der Waals surface area (Å²) in [6.45, 7) is 4.09. The molecular weight excluding hydrogens is 288 g/mol. The molecule has 0 unspecified atom stereocenters. The molecule has 5 heteroatoms. The molecule has 1 aromatic carbocycles. The van der Waals surface area contributed by atoms with Crippen molar-refractivity contribution in [2.24, 2.45) is 0 Å². The van der Waals surface area contributed by atoms with E-state index in [0.29, 0.717) is 12.0 Å². The first-order valence-electron chi connectivity index (χ1n) is 7.29. The van der Waals surface area contributed by atoms with Crippen molar-refractivity contribution in [1.29, 1.82) is 0 Å². The Kier molecular flexibility index (Phi) is 6.40. The van der Waals surface area contributed by atoms with Crippen LogP contribution in [0.1, 0.15) is 54.6 Å². The summed E-state index contributed by atoms with van der Waals surface area (Å²) in [6.07, 6.45) is 5.41. The van der Waals surface area contributed by atoms with Crippen molar-refractivity contribution < 1.29 is 17.9 Å². The Bertz CT molecular complexity index is 603. The molecule has 21 heavy (non-hydrogen) atoms. The number of esters is 1. The van der Waals surface area contributed by atoms with Crippen LogP contribution >= 0.6 is 0 Å². The number of aryl methyl sites for hydroxylation is 2. The number of sulfone groups is 1. The van der Waals surface area contributed by atoms with Gasteiger partial charge in [0.05, 0.1) is 17.6 Å². The molecule has 118 valence electrons. The Morgan fingerprint density at radius 2 is 1.76 bits per heavy atom. The van der Waals surface area contributed by atoms with Crippen molar-refractivity contribution in [3.05, 3.63) is 28.8 Å². The van der Waals surface area contributed by atoms with E-state index in [2.05, 4.69) is 6.92 Å². The number of hydrogen-bond donors (Lipinski definition) is 0. The zero-order valence-corrected chi connectivity index (χ0v) is 14.0. The van der Waals surface area contributed by atoms with Crippen LogP contribution in [-0.2, 0) is 27.4 Å². The van der Waals surface area contributed by atoms with Gasteiger partial charge in [0.1, 0.15) is 0 Å². The average molecular weight is 312 g/mol. The van der Waals surface area contributed by atoms with Crippen LogP contribution in [0.3, 0.4) is 0 Å². The van der Waals surface area contributed by atoms with Crippen LogP contribution in [0, 0.1) is 0 Å². The summed E-state index contributed by atoms with van der Waals surface area (Å²) in [5.74, 6) is -0.481. The molecular formula is C16H24O4S. The fourth-order valence-corrected chi connectivity index (χ4v) is 3.33.